The average Bonchev–Trinajstić information content (AvgIpc) is 3.26. The van der Waals surface area contributed by atoms with E-state index in [-0.39, 0.29) is 5.25 Å². The van der Waals surface area contributed by atoms with E-state index in [9.17, 15) is 18.0 Å². The SMILES string of the molecule is CC(C)(C)OC(=O)C(C)(C)Oc1ccc(SC(c2ccc(C(F)(F)F)cc2)c2n[nH]c3ccccc23)cc1. The Kier molecular flexibility index (Phi) is 7.52. The molecule has 5 nitrogen and oxygen atoms in total. The molecule has 0 amide bonds. The lowest BCUT2D eigenvalue weighted by Crippen LogP contribution is -2.43. The first-order valence-electron chi connectivity index (χ1n) is 12.0. The molecular formula is C29H29F3N2O3S. The van der Waals surface area contributed by atoms with Crippen molar-refractivity contribution < 1.29 is 27.4 Å². The highest BCUT2D eigenvalue weighted by Crippen LogP contribution is 2.43. The van der Waals surface area contributed by atoms with Crippen LogP contribution in [0.1, 0.15) is 56.7 Å². The van der Waals surface area contributed by atoms with Gasteiger partial charge >= 0.3 is 12.1 Å². The summed E-state index contributed by atoms with van der Waals surface area (Å²) in [4.78, 5) is 13.4. The Morgan fingerprint density at radius 2 is 1.53 bits per heavy atom. The summed E-state index contributed by atoms with van der Waals surface area (Å²) in [5, 5.41) is 8.04. The minimum Gasteiger partial charge on any atom is -0.476 e. The van der Waals surface area contributed by atoms with Crippen LogP contribution in [0.4, 0.5) is 13.2 Å². The quantitative estimate of drug-likeness (QED) is 0.190. The Labute approximate surface area is 223 Å². The number of halogens is 3. The molecule has 0 aliphatic carbocycles. The standard InChI is InChI=1S/C29H29F3N2O3S/c1-27(2,3)37-26(35)28(4,5)36-20-14-16-21(17-15-20)38-25(18-10-12-19(13-11-18)29(30,31)32)24-22-8-6-7-9-23(22)33-34-24/h6-17,25H,1-5H3,(H,33,34). The molecule has 9 heteroatoms. The number of hydrogen-bond acceptors (Lipinski definition) is 5. The predicted octanol–water partition coefficient (Wildman–Crippen LogP) is 7.96. The minimum absolute atomic E-state index is 0.376. The van der Waals surface area contributed by atoms with Crippen molar-refractivity contribution in [3.05, 3.63) is 89.6 Å². The van der Waals surface area contributed by atoms with E-state index in [2.05, 4.69) is 10.2 Å². The Balaban J connectivity index is 1.60. The number of fused-ring (bicyclic) bond motifs is 1. The van der Waals surface area contributed by atoms with E-state index in [0.29, 0.717) is 11.3 Å². The summed E-state index contributed by atoms with van der Waals surface area (Å²) in [6.07, 6.45) is -4.41. The molecule has 4 rings (SSSR count). The number of esters is 1. The number of ether oxygens (including phenoxy) is 2. The van der Waals surface area contributed by atoms with Crippen LogP contribution in [0.15, 0.2) is 77.7 Å². The molecule has 3 aromatic carbocycles. The minimum atomic E-state index is -4.41. The molecule has 0 bridgehead atoms. The van der Waals surface area contributed by atoms with Crippen LogP contribution in [0.3, 0.4) is 0 Å². The molecule has 0 saturated heterocycles. The maximum atomic E-state index is 13.2. The molecule has 1 heterocycles. The van der Waals surface area contributed by atoms with Gasteiger partial charge in [-0.1, -0.05) is 30.3 Å². The van der Waals surface area contributed by atoms with Gasteiger partial charge < -0.3 is 9.47 Å². The van der Waals surface area contributed by atoms with Crippen molar-refractivity contribution in [3.8, 4) is 5.75 Å². The summed E-state index contributed by atoms with van der Waals surface area (Å²) in [7, 11) is 0. The number of carbonyl (C=O) groups is 1. The van der Waals surface area contributed by atoms with Gasteiger partial charge in [0, 0.05) is 10.3 Å². The summed E-state index contributed by atoms with van der Waals surface area (Å²) >= 11 is 1.46. The average molecular weight is 543 g/mol. The Morgan fingerprint density at radius 3 is 2.13 bits per heavy atom. The van der Waals surface area contributed by atoms with E-state index in [1.807, 2.05) is 36.4 Å². The van der Waals surface area contributed by atoms with Gasteiger partial charge in [-0.25, -0.2) is 4.79 Å². The largest absolute Gasteiger partial charge is 0.476 e. The number of aromatic nitrogens is 2. The second kappa shape index (κ2) is 10.4. The van der Waals surface area contributed by atoms with Crippen molar-refractivity contribution in [2.75, 3.05) is 0 Å². The predicted molar refractivity (Wildman–Crippen MR) is 142 cm³/mol. The van der Waals surface area contributed by atoms with Crippen molar-refractivity contribution in [1.82, 2.24) is 10.2 Å². The van der Waals surface area contributed by atoms with E-state index in [1.165, 1.54) is 23.9 Å². The van der Waals surface area contributed by atoms with E-state index in [4.69, 9.17) is 9.47 Å². The second-order valence-corrected chi connectivity index (χ2v) is 11.5. The lowest BCUT2D eigenvalue weighted by atomic mass is 10.0. The third-order valence-electron chi connectivity index (χ3n) is 5.63. The number of H-pyrrole nitrogens is 1. The third-order valence-corrected chi connectivity index (χ3v) is 6.91. The molecule has 1 N–H and O–H groups in total. The first kappa shape index (κ1) is 27.6. The number of rotatable bonds is 7. The van der Waals surface area contributed by atoms with E-state index >= 15 is 0 Å². The number of hydrogen-bond donors (Lipinski definition) is 1. The number of para-hydroxylation sites is 1. The van der Waals surface area contributed by atoms with Gasteiger partial charge in [-0.3, -0.25) is 5.10 Å². The summed E-state index contributed by atoms with van der Waals surface area (Å²) in [6, 6.07) is 20.0. The van der Waals surface area contributed by atoms with Crippen LogP contribution in [-0.2, 0) is 15.7 Å². The molecule has 1 aromatic heterocycles. The van der Waals surface area contributed by atoms with E-state index in [0.717, 1.165) is 33.6 Å². The second-order valence-electron chi connectivity index (χ2n) is 10.4. The Bertz CT molecular complexity index is 1410. The highest BCUT2D eigenvalue weighted by atomic mass is 32.2. The van der Waals surface area contributed by atoms with Crippen LogP contribution in [0.25, 0.3) is 10.9 Å². The topological polar surface area (TPSA) is 64.2 Å². The van der Waals surface area contributed by atoms with Crippen LogP contribution >= 0.6 is 11.8 Å². The highest BCUT2D eigenvalue weighted by Gasteiger charge is 2.35. The Hall–Kier alpha value is -3.46. The molecule has 200 valence electrons. The van der Waals surface area contributed by atoms with Gasteiger partial charge in [0.1, 0.15) is 11.4 Å². The molecule has 4 aromatic rings. The molecule has 0 spiro atoms. The lowest BCUT2D eigenvalue weighted by Gasteiger charge is -2.29. The fourth-order valence-corrected chi connectivity index (χ4v) is 4.92. The van der Waals surface area contributed by atoms with Crippen molar-refractivity contribution in [2.45, 2.75) is 62.1 Å². The molecule has 0 saturated carbocycles. The molecule has 38 heavy (non-hydrogen) atoms. The first-order valence-corrected chi connectivity index (χ1v) is 12.9. The first-order chi connectivity index (χ1) is 17.7. The smallest absolute Gasteiger partial charge is 0.416 e. The normalized spacial score (nSPS) is 13.4. The molecular weight excluding hydrogens is 513 g/mol. The molecule has 1 unspecified atom stereocenters. The number of aromatic amines is 1. The van der Waals surface area contributed by atoms with Crippen LogP contribution in [0, 0.1) is 0 Å². The number of alkyl halides is 3. The maximum Gasteiger partial charge on any atom is 0.416 e. The van der Waals surface area contributed by atoms with Crippen molar-refractivity contribution in [2.24, 2.45) is 0 Å². The van der Waals surface area contributed by atoms with Gasteiger partial charge in [0.2, 0.25) is 0 Å². The molecule has 0 aliphatic rings. The number of thioether (sulfide) groups is 1. The van der Waals surface area contributed by atoms with E-state index < -0.39 is 28.9 Å². The highest BCUT2D eigenvalue weighted by molar-refractivity contribution is 7.99. The molecule has 0 radical (unpaired) electrons. The summed E-state index contributed by atoms with van der Waals surface area (Å²) in [5.74, 6) is 0.0118. The fourth-order valence-electron chi connectivity index (χ4n) is 3.77. The summed E-state index contributed by atoms with van der Waals surface area (Å²) in [5.41, 5.74) is -0.289. The number of nitrogens with one attached hydrogen (secondary N) is 1. The van der Waals surface area contributed by atoms with E-state index in [1.54, 1.807) is 46.8 Å². The fraction of sp³-hybridized carbons (Fsp3) is 0.310. The molecule has 1 atom stereocenters. The van der Waals surface area contributed by atoms with Crippen molar-refractivity contribution in [1.29, 1.82) is 0 Å². The van der Waals surface area contributed by atoms with Crippen molar-refractivity contribution >= 4 is 28.6 Å². The number of carbonyl (C=O) groups excluding carboxylic acids is 1. The Morgan fingerprint density at radius 1 is 0.895 bits per heavy atom. The van der Waals surface area contributed by atoms with Crippen molar-refractivity contribution in [3.63, 3.8) is 0 Å². The number of benzene rings is 3. The van der Waals surface area contributed by atoms with Gasteiger partial charge in [0.05, 0.1) is 22.0 Å². The monoisotopic (exact) mass is 542 g/mol. The van der Waals surface area contributed by atoms with Gasteiger partial charge in [0.15, 0.2) is 5.60 Å². The molecule has 0 aliphatic heterocycles. The zero-order valence-corrected chi connectivity index (χ0v) is 22.5. The van der Waals surface area contributed by atoms with Crippen LogP contribution < -0.4 is 4.74 Å². The van der Waals surface area contributed by atoms with Gasteiger partial charge in [-0.05, 0) is 82.6 Å². The van der Waals surface area contributed by atoms with Crippen LogP contribution in [0.2, 0.25) is 0 Å². The van der Waals surface area contributed by atoms with Crippen LogP contribution in [0.5, 0.6) is 5.75 Å². The van der Waals surface area contributed by atoms with Crippen LogP contribution in [-0.4, -0.2) is 27.4 Å². The maximum absolute atomic E-state index is 13.2. The van der Waals surface area contributed by atoms with Gasteiger partial charge in [-0.15, -0.1) is 11.8 Å². The number of nitrogens with zero attached hydrogens (tertiary/aromatic N) is 1. The van der Waals surface area contributed by atoms with Gasteiger partial charge in [0.25, 0.3) is 0 Å². The summed E-state index contributed by atoms with van der Waals surface area (Å²) < 4.78 is 50.9. The van der Waals surface area contributed by atoms with Gasteiger partial charge in [-0.2, -0.15) is 18.3 Å². The third kappa shape index (κ3) is 6.51. The lowest BCUT2D eigenvalue weighted by molar-refractivity contribution is -0.170. The summed E-state index contributed by atoms with van der Waals surface area (Å²) in [6.45, 7) is 8.67. The molecule has 0 fully saturated rings. The zero-order chi connectivity index (χ0) is 27.7. The zero-order valence-electron chi connectivity index (χ0n) is 21.7.